The lowest BCUT2D eigenvalue weighted by Crippen LogP contribution is -1.79. The van der Waals surface area contributed by atoms with E-state index in [2.05, 4.69) is 18.5 Å². The minimum atomic E-state index is 0.843. The topological polar surface area (TPSA) is 12.4 Å². The van der Waals surface area contributed by atoms with Gasteiger partial charge in [0.1, 0.15) is 0 Å². The van der Waals surface area contributed by atoms with Crippen LogP contribution in [0.4, 0.5) is 0 Å². The highest BCUT2D eigenvalue weighted by Crippen LogP contribution is 2.07. The molecular weight excluding hydrogens is 146 g/mol. The molecule has 0 N–H and O–H groups in total. The summed E-state index contributed by atoms with van der Waals surface area (Å²) in [6.45, 7) is 9.90. The minimum Gasteiger partial charge on any atom is -0.262 e. The van der Waals surface area contributed by atoms with Crippen LogP contribution in [-0.4, -0.2) is 6.21 Å². The van der Waals surface area contributed by atoms with Crippen LogP contribution in [-0.2, 0) is 0 Å². The van der Waals surface area contributed by atoms with Crippen molar-refractivity contribution < 1.29 is 0 Å². The normalized spacial score (nSPS) is 13.1. The molecule has 0 fully saturated rings. The molecular formula is C11H17N. The molecule has 0 saturated heterocycles. The lowest BCUT2D eigenvalue weighted by atomic mass is 10.2. The molecule has 1 heteroatoms. The number of aliphatic imine (C=N–C) groups is 1. The largest absolute Gasteiger partial charge is 0.262 e. The molecule has 0 aliphatic heterocycles. The van der Waals surface area contributed by atoms with Crippen LogP contribution in [0.3, 0.4) is 0 Å². The summed E-state index contributed by atoms with van der Waals surface area (Å²) in [5.74, 6) is 0. The first-order valence-corrected chi connectivity index (χ1v) is 4.23. The third-order valence-corrected chi connectivity index (χ3v) is 1.42. The van der Waals surface area contributed by atoms with Gasteiger partial charge in [0.05, 0.1) is 5.70 Å². The fourth-order valence-corrected chi connectivity index (χ4v) is 0.640. The molecule has 0 aromatic carbocycles. The lowest BCUT2D eigenvalue weighted by molar-refractivity contribution is 1.25. The van der Waals surface area contributed by atoms with Crippen molar-refractivity contribution in [2.24, 2.45) is 4.99 Å². The molecule has 0 unspecified atom stereocenters. The average Bonchev–Trinajstić information content (AvgIpc) is 2.10. The predicted octanol–water partition coefficient (Wildman–Crippen LogP) is 3.50. The molecule has 0 spiro atoms. The molecule has 0 amide bonds. The Hall–Kier alpha value is -1.11. The molecule has 0 aromatic rings. The average molecular weight is 163 g/mol. The Morgan fingerprint density at radius 3 is 2.67 bits per heavy atom. The molecule has 0 aromatic heterocycles. The smallest absolute Gasteiger partial charge is 0.0583 e. The number of rotatable bonds is 4. The third-order valence-electron chi connectivity index (χ3n) is 1.42. The molecule has 0 atom stereocenters. The second-order valence-corrected chi connectivity index (χ2v) is 2.54. The predicted molar refractivity (Wildman–Crippen MR) is 56.5 cm³/mol. The van der Waals surface area contributed by atoms with Gasteiger partial charge in [0, 0.05) is 6.21 Å². The maximum atomic E-state index is 4.17. The highest BCUT2D eigenvalue weighted by Gasteiger charge is 1.89. The standard InChI is InChI=1S/C11H17N/c1-5-7-8-10(3)11(4)12-9-6-2/h5,7-9H,4,6H2,1-3H3/b7-5?,10-8+,12-9?. The summed E-state index contributed by atoms with van der Waals surface area (Å²) in [6, 6.07) is 0. The number of hydrogen-bond acceptors (Lipinski definition) is 1. The van der Waals surface area contributed by atoms with E-state index in [1.54, 1.807) is 0 Å². The Kier molecular flexibility index (Phi) is 5.98. The fourth-order valence-electron chi connectivity index (χ4n) is 0.640. The van der Waals surface area contributed by atoms with Gasteiger partial charge in [-0.05, 0) is 25.8 Å². The summed E-state index contributed by atoms with van der Waals surface area (Å²) < 4.78 is 0. The van der Waals surface area contributed by atoms with Crippen LogP contribution in [0.5, 0.6) is 0 Å². The van der Waals surface area contributed by atoms with Gasteiger partial charge < -0.3 is 0 Å². The van der Waals surface area contributed by atoms with Gasteiger partial charge in [-0.2, -0.15) is 0 Å². The Labute approximate surface area is 75.2 Å². The van der Waals surface area contributed by atoms with Crippen molar-refractivity contribution in [1.82, 2.24) is 0 Å². The number of allylic oxidation sites excluding steroid dienone is 4. The van der Waals surface area contributed by atoms with E-state index in [0.717, 1.165) is 17.7 Å². The summed E-state index contributed by atoms with van der Waals surface area (Å²) in [5, 5.41) is 0. The van der Waals surface area contributed by atoms with Crippen molar-refractivity contribution in [1.29, 1.82) is 0 Å². The molecule has 12 heavy (non-hydrogen) atoms. The molecule has 0 heterocycles. The van der Waals surface area contributed by atoms with Gasteiger partial charge >= 0.3 is 0 Å². The first-order valence-electron chi connectivity index (χ1n) is 4.23. The number of hydrogen-bond donors (Lipinski definition) is 0. The van der Waals surface area contributed by atoms with Crippen LogP contribution in [0, 0.1) is 0 Å². The zero-order valence-corrected chi connectivity index (χ0v) is 8.17. The summed E-state index contributed by atoms with van der Waals surface area (Å²) in [5.41, 5.74) is 1.95. The SMILES string of the molecule is C=C(N=CCC)/C(C)=C/C=CC. The summed E-state index contributed by atoms with van der Waals surface area (Å²) in [4.78, 5) is 4.17. The lowest BCUT2D eigenvalue weighted by Gasteiger charge is -1.96. The quantitative estimate of drug-likeness (QED) is 0.444. The number of nitrogens with zero attached hydrogens (tertiary/aromatic N) is 1. The third kappa shape index (κ3) is 4.67. The highest BCUT2D eigenvalue weighted by atomic mass is 14.7. The van der Waals surface area contributed by atoms with Gasteiger partial charge in [0.2, 0.25) is 0 Å². The van der Waals surface area contributed by atoms with Crippen molar-refractivity contribution in [2.45, 2.75) is 27.2 Å². The molecule has 0 bridgehead atoms. The summed E-state index contributed by atoms with van der Waals surface area (Å²) in [6.07, 6.45) is 8.81. The molecule has 0 aliphatic carbocycles. The Balaban J connectivity index is 4.19. The van der Waals surface area contributed by atoms with Crippen LogP contribution >= 0.6 is 0 Å². The van der Waals surface area contributed by atoms with E-state index in [0.29, 0.717) is 0 Å². The van der Waals surface area contributed by atoms with Crippen LogP contribution in [0.2, 0.25) is 0 Å². The van der Waals surface area contributed by atoms with Crippen molar-refractivity contribution in [3.63, 3.8) is 0 Å². The zero-order chi connectivity index (χ0) is 9.40. The van der Waals surface area contributed by atoms with Gasteiger partial charge in [-0.3, -0.25) is 4.99 Å². The Morgan fingerprint density at radius 1 is 1.50 bits per heavy atom. The van der Waals surface area contributed by atoms with Gasteiger partial charge in [0.25, 0.3) is 0 Å². The molecule has 1 nitrogen and oxygen atoms in total. The zero-order valence-electron chi connectivity index (χ0n) is 8.17. The first-order chi connectivity index (χ1) is 5.72. The summed E-state index contributed by atoms with van der Waals surface area (Å²) >= 11 is 0. The van der Waals surface area contributed by atoms with E-state index in [1.807, 2.05) is 38.3 Å². The van der Waals surface area contributed by atoms with Crippen LogP contribution in [0.15, 0.2) is 41.1 Å². The van der Waals surface area contributed by atoms with Crippen molar-refractivity contribution in [3.8, 4) is 0 Å². The van der Waals surface area contributed by atoms with Crippen molar-refractivity contribution in [2.75, 3.05) is 0 Å². The Bertz CT molecular complexity index is 219. The first kappa shape index (κ1) is 10.9. The van der Waals surface area contributed by atoms with E-state index in [-0.39, 0.29) is 0 Å². The van der Waals surface area contributed by atoms with E-state index < -0.39 is 0 Å². The molecule has 0 rings (SSSR count). The van der Waals surface area contributed by atoms with Crippen LogP contribution < -0.4 is 0 Å². The Morgan fingerprint density at radius 2 is 2.17 bits per heavy atom. The van der Waals surface area contributed by atoms with Gasteiger partial charge in [-0.15, -0.1) is 0 Å². The van der Waals surface area contributed by atoms with E-state index in [9.17, 15) is 0 Å². The fraction of sp³-hybridized carbons (Fsp3) is 0.364. The second kappa shape index (κ2) is 6.59. The van der Waals surface area contributed by atoms with Crippen molar-refractivity contribution in [3.05, 3.63) is 36.1 Å². The molecule has 0 radical (unpaired) electrons. The van der Waals surface area contributed by atoms with Crippen LogP contribution in [0.25, 0.3) is 0 Å². The highest BCUT2D eigenvalue weighted by molar-refractivity contribution is 5.59. The summed E-state index contributed by atoms with van der Waals surface area (Å²) in [7, 11) is 0. The monoisotopic (exact) mass is 163 g/mol. The molecule has 0 saturated carbocycles. The van der Waals surface area contributed by atoms with Crippen LogP contribution in [0.1, 0.15) is 27.2 Å². The van der Waals surface area contributed by atoms with Crippen molar-refractivity contribution >= 4 is 6.21 Å². The minimum absolute atomic E-state index is 0.843. The maximum absolute atomic E-state index is 4.17. The van der Waals surface area contributed by atoms with Gasteiger partial charge in [-0.1, -0.05) is 31.7 Å². The van der Waals surface area contributed by atoms with E-state index >= 15 is 0 Å². The van der Waals surface area contributed by atoms with Gasteiger partial charge in [0.15, 0.2) is 0 Å². The molecule has 0 aliphatic rings. The molecule has 66 valence electrons. The van der Waals surface area contributed by atoms with Gasteiger partial charge in [-0.25, -0.2) is 0 Å². The maximum Gasteiger partial charge on any atom is 0.0583 e. The van der Waals surface area contributed by atoms with E-state index in [1.165, 1.54) is 0 Å². The second-order valence-electron chi connectivity index (χ2n) is 2.54. The van der Waals surface area contributed by atoms with E-state index in [4.69, 9.17) is 0 Å².